The van der Waals surface area contributed by atoms with E-state index in [9.17, 15) is 13.2 Å². The fraction of sp³-hybridized carbons (Fsp3) is 0.400. The van der Waals surface area contributed by atoms with Gasteiger partial charge in [-0.2, -0.15) is 13.2 Å². The Labute approximate surface area is 201 Å². The SMILES string of the molecule is CC(C)(C)N1CCC[C@H](Nc2ncc(C(F)(F)F)c(-c3c[nH]c4cc(-n5ccnc5)ccc34)n2)C1. The largest absolute Gasteiger partial charge is 0.419 e. The van der Waals surface area contributed by atoms with Crippen LogP contribution in [0.5, 0.6) is 0 Å². The Bertz CT molecular complexity index is 1320. The van der Waals surface area contributed by atoms with Gasteiger partial charge in [-0.25, -0.2) is 15.0 Å². The maximum absolute atomic E-state index is 13.9. The highest BCUT2D eigenvalue weighted by molar-refractivity contribution is 5.96. The van der Waals surface area contributed by atoms with Gasteiger partial charge in [-0.3, -0.25) is 4.90 Å². The first-order valence-corrected chi connectivity index (χ1v) is 11.7. The van der Waals surface area contributed by atoms with E-state index in [0.29, 0.717) is 16.5 Å². The smallest absolute Gasteiger partial charge is 0.360 e. The topological polar surface area (TPSA) is 74.7 Å². The third-order valence-corrected chi connectivity index (χ3v) is 6.52. The number of benzene rings is 1. The molecule has 3 aromatic heterocycles. The van der Waals surface area contributed by atoms with Crippen LogP contribution in [0, 0.1) is 0 Å². The summed E-state index contributed by atoms with van der Waals surface area (Å²) in [4.78, 5) is 18.0. The van der Waals surface area contributed by atoms with Crippen molar-refractivity contribution in [3.05, 3.63) is 54.9 Å². The first kappa shape index (κ1) is 23.3. The van der Waals surface area contributed by atoms with Crippen molar-refractivity contribution < 1.29 is 13.2 Å². The molecule has 184 valence electrons. The predicted octanol–water partition coefficient (Wildman–Crippen LogP) is 5.50. The Kier molecular flexibility index (Phi) is 5.79. The number of aromatic amines is 1. The molecular weight excluding hydrogens is 455 g/mol. The summed E-state index contributed by atoms with van der Waals surface area (Å²) >= 11 is 0. The van der Waals surface area contributed by atoms with E-state index in [2.05, 4.69) is 50.9 Å². The van der Waals surface area contributed by atoms with Crippen LogP contribution < -0.4 is 5.32 Å². The third kappa shape index (κ3) is 4.75. The van der Waals surface area contributed by atoms with E-state index in [-0.39, 0.29) is 23.2 Å². The number of hydrogen-bond acceptors (Lipinski definition) is 5. The molecule has 7 nitrogen and oxygen atoms in total. The predicted molar refractivity (Wildman–Crippen MR) is 129 cm³/mol. The first-order valence-electron chi connectivity index (χ1n) is 11.7. The highest BCUT2D eigenvalue weighted by Crippen LogP contribution is 2.39. The number of H-pyrrole nitrogens is 1. The Balaban J connectivity index is 1.50. The van der Waals surface area contributed by atoms with E-state index in [0.717, 1.165) is 37.8 Å². The van der Waals surface area contributed by atoms with Gasteiger partial charge in [0.15, 0.2) is 0 Å². The Hall–Kier alpha value is -3.40. The lowest BCUT2D eigenvalue weighted by Crippen LogP contribution is -2.50. The molecule has 10 heteroatoms. The van der Waals surface area contributed by atoms with Crippen LogP contribution in [-0.2, 0) is 6.18 Å². The summed E-state index contributed by atoms with van der Waals surface area (Å²) < 4.78 is 43.6. The number of imidazole rings is 1. The van der Waals surface area contributed by atoms with Gasteiger partial charge in [0.05, 0.1) is 12.0 Å². The maximum Gasteiger partial charge on any atom is 0.419 e. The molecule has 1 aliphatic heterocycles. The maximum atomic E-state index is 13.9. The average molecular weight is 484 g/mol. The van der Waals surface area contributed by atoms with Gasteiger partial charge in [0, 0.05) is 65.1 Å². The van der Waals surface area contributed by atoms with Crippen LogP contribution in [0.25, 0.3) is 27.8 Å². The fourth-order valence-corrected chi connectivity index (χ4v) is 4.63. The number of nitrogens with zero attached hydrogens (tertiary/aromatic N) is 5. The summed E-state index contributed by atoms with van der Waals surface area (Å²) in [6, 6.07) is 5.58. The van der Waals surface area contributed by atoms with E-state index in [1.54, 1.807) is 31.0 Å². The van der Waals surface area contributed by atoms with Gasteiger partial charge in [-0.05, 0) is 52.3 Å². The number of hydrogen-bond donors (Lipinski definition) is 2. The van der Waals surface area contributed by atoms with Crippen LogP contribution in [0.15, 0.2) is 49.3 Å². The molecule has 5 rings (SSSR count). The van der Waals surface area contributed by atoms with E-state index in [1.807, 2.05) is 16.7 Å². The first-order chi connectivity index (χ1) is 16.6. The van der Waals surface area contributed by atoms with E-state index < -0.39 is 11.7 Å². The van der Waals surface area contributed by atoms with Crippen LogP contribution in [0.4, 0.5) is 19.1 Å². The second-order valence-electron chi connectivity index (χ2n) is 9.96. The van der Waals surface area contributed by atoms with Gasteiger partial charge in [-0.15, -0.1) is 0 Å². The zero-order chi connectivity index (χ0) is 24.8. The molecule has 0 aliphatic carbocycles. The normalized spacial score (nSPS) is 17.7. The van der Waals surface area contributed by atoms with Gasteiger partial charge < -0.3 is 14.9 Å². The van der Waals surface area contributed by atoms with E-state index in [4.69, 9.17) is 0 Å². The number of nitrogens with one attached hydrogen (secondary N) is 2. The lowest BCUT2D eigenvalue weighted by molar-refractivity contribution is -0.137. The van der Waals surface area contributed by atoms with Crippen molar-refractivity contribution in [3.8, 4) is 16.9 Å². The molecule has 1 aliphatic rings. The third-order valence-electron chi connectivity index (χ3n) is 6.52. The molecule has 0 unspecified atom stereocenters. The lowest BCUT2D eigenvalue weighted by atomic mass is 9.98. The van der Waals surface area contributed by atoms with Crippen molar-refractivity contribution in [1.29, 1.82) is 0 Å². The van der Waals surface area contributed by atoms with Crippen LogP contribution >= 0.6 is 0 Å². The van der Waals surface area contributed by atoms with E-state index in [1.165, 1.54) is 0 Å². The van der Waals surface area contributed by atoms with Crippen LogP contribution in [-0.4, -0.2) is 54.1 Å². The van der Waals surface area contributed by atoms with Crippen LogP contribution in [0.3, 0.4) is 0 Å². The molecule has 4 heterocycles. The molecule has 0 saturated carbocycles. The molecule has 0 radical (unpaired) electrons. The summed E-state index contributed by atoms with van der Waals surface area (Å²) in [5.74, 6) is 0.207. The van der Waals surface area contributed by atoms with Gasteiger partial charge in [-0.1, -0.05) is 6.07 Å². The van der Waals surface area contributed by atoms with Crippen molar-refractivity contribution in [1.82, 2.24) is 29.4 Å². The van der Waals surface area contributed by atoms with Crippen LogP contribution in [0.1, 0.15) is 39.2 Å². The Morgan fingerprint density at radius 1 is 1.17 bits per heavy atom. The van der Waals surface area contributed by atoms with Crippen molar-refractivity contribution in [3.63, 3.8) is 0 Å². The molecule has 0 bridgehead atoms. The molecule has 2 N–H and O–H groups in total. The second-order valence-corrected chi connectivity index (χ2v) is 9.96. The molecule has 35 heavy (non-hydrogen) atoms. The zero-order valence-corrected chi connectivity index (χ0v) is 19.9. The quantitative estimate of drug-likeness (QED) is 0.401. The summed E-state index contributed by atoms with van der Waals surface area (Å²) in [6.07, 6.45) is 4.94. The number of likely N-dealkylation sites (tertiary alicyclic amines) is 1. The number of piperidine rings is 1. The summed E-state index contributed by atoms with van der Waals surface area (Å²) in [6.45, 7) is 8.27. The number of halogens is 3. The zero-order valence-electron chi connectivity index (χ0n) is 19.9. The minimum Gasteiger partial charge on any atom is -0.360 e. The Morgan fingerprint density at radius 2 is 2.00 bits per heavy atom. The van der Waals surface area contributed by atoms with Crippen molar-refractivity contribution in [2.24, 2.45) is 0 Å². The summed E-state index contributed by atoms with van der Waals surface area (Å²) in [5.41, 5.74) is 0.968. The molecule has 0 amide bonds. The average Bonchev–Trinajstić information content (AvgIpc) is 3.48. The minimum absolute atomic E-state index is 0.0200. The Morgan fingerprint density at radius 3 is 2.71 bits per heavy atom. The number of anilines is 1. The standard InChI is InChI=1S/C25H28F3N7/c1-24(2,3)35-9-4-5-16(14-35)32-23-31-13-20(25(26,27)28)22(33-23)19-12-30-21-11-17(6-7-18(19)21)34-10-8-29-15-34/h6-8,10-13,15-16,30H,4-5,9,14H2,1-3H3,(H,31,32,33)/t16-/m0/s1. The molecule has 1 fully saturated rings. The molecule has 4 aromatic rings. The monoisotopic (exact) mass is 483 g/mol. The molecule has 0 spiro atoms. The molecule has 1 atom stereocenters. The number of rotatable bonds is 4. The molecule has 1 aromatic carbocycles. The van der Waals surface area contributed by atoms with Gasteiger partial charge in [0.2, 0.25) is 5.95 Å². The highest BCUT2D eigenvalue weighted by Gasteiger charge is 2.36. The number of aromatic nitrogens is 5. The van der Waals surface area contributed by atoms with Gasteiger partial charge in [0.25, 0.3) is 0 Å². The summed E-state index contributed by atoms with van der Waals surface area (Å²) in [5, 5.41) is 3.94. The van der Waals surface area contributed by atoms with Crippen molar-refractivity contribution in [2.75, 3.05) is 18.4 Å². The second kappa shape index (κ2) is 8.67. The fourth-order valence-electron chi connectivity index (χ4n) is 4.63. The number of fused-ring (bicyclic) bond motifs is 1. The summed E-state index contributed by atoms with van der Waals surface area (Å²) in [7, 11) is 0. The van der Waals surface area contributed by atoms with Gasteiger partial charge >= 0.3 is 6.18 Å². The van der Waals surface area contributed by atoms with Crippen molar-refractivity contribution >= 4 is 16.9 Å². The lowest BCUT2D eigenvalue weighted by Gasteiger charge is -2.41. The van der Waals surface area contributed by atoms with Crippen molar-refractivity contribution in [2.45, 2.75) is 51.4 Å². The number of alkyl halides is 3. The van der Waals surface area contributed by atoms with E-state index >= 15 is 0 Å². The van der Waals surface area contributed by atoms with Gasteiger partial charge in [0.1, 0.15) is 5.56 Å². The molecule has 1 saturated heterocycles. The highest BCUT2D eigenvalue weighted by atomic mass is 19.4. The van der Waals surface area contributed by atoms with Crippen LogP contribution in [0.2, 0.25) is 0 Å². The minimum atomic E-state index is -4.58. The molecular formula is C25H28F3N7.